The Bertz CT molecular complexity index is 1670. The van der Waals surface area contributed by atoms with Gasteiger partial charge in [-0.3, -0.25) is 13.9 Å². The molecule has 44 heavy (non-hydrogen) atoms. The number of hydrogen-bond donors (Lipinski definition) is 1. The Balaban J connectivity index is 1.79. The summed E-state index contributed by atoms with van der Waals surface area (Å²) >= 11 is 12.6. The van der Waals surface area contributed by atoms with Crippen molar-refractivity contribution in [2.24, 2.45) is 5.92 Å². The number of sulfonamides is 1. The van der Waals surface area contributed by atoms with Crippen LogP contribution in [0.5, 0.6) is 0 Å². The number of hydrogen-bond acceptors (Lipinski definition) is 4. The van der Waals surface area contributed by atoms with E-state index in [4.69, 9.17) is 23.2 Å². The SMILES string of the molecule is CC(C)CNC(=O)[C@@H](Cc1ccccc1)N(Cc1cccc(Cl)c1)C(=O)CN(c1cccc(Cl)c1)S(=O)(=O)c1ccccc1. The minimum absolute atomic E-state index is 0.0182. The fraction of sp³-hybridized carbons (Fsp3) is 0.235. The average Bonchev–Trinajstić information content (AvgIpc) is 3.01. The van der Waals surface area contributed by atoms with Crippen molar-refractivity contribution in [2.75, 3.05) is 17.4 Å². The van der Waals surface area contributed by atoms with Crippen molar-refractivity contribution in [1.29, 1.82) is 0 Å². The van der Waals surface area contributed by atoms with Crippen molar-refractivity contribution in [2.45, 2.75) is 37.8 Å². The summed E-state index contributed by atoms with van der Waals surface area (Å²) in [6.07, 6.45) is 0.222. The van der Waals surface area contributed by atoms with E-state index in [9.17, 15) is 18.0 Å². The van der Waals surface area contributed by atoms with Gasteiger partial charge in [-0.1, -0.05) is 104 Å². The molecule has 0 radical (unpaired) electrons. The van der Waals surface area contributed by atoms with Crippen molar-refractivity contribution in [3.05, 3.63) is 130 Å². The molecular weight excluding hydrogens is 617 g/mol. The number of anilines is 1. The van der Waals surface area contributed by atoms with Crippen LogP contribution in [-0.2, 0) is 32.6 Å². The number of nitrogens with zero attached hydrogens (tertiary/aromatic N) is 2. The Morgan fingerprint density at radius 1 is 0.773 bits per heavy atom. The molecule has 0 fully saturated rings. The molecule has 4 rings (SSSR count). The highest BCUT2D eigenvalue weighted by molar-refractivity contribution is 7.92. The first kappa shape index (κ1) is 33.1. The zero-order valence-electron chi connectivity index (χ0n) is 24.6. The van der Waals surface area contributed by atoms with E-state index in [-0.39, 0.29) is 35.4 Å². The molecule has 0 aromatic heterocycles. The standard InChI is InChI=1S/C34H35Cl2N3O4S/c1-25(2)22-37-34(41)32(20-26-11-5-3-6-12-26)38(23-27-13-9-14-28(35)19-27)33(40)24-39(30-16-10-15-29(36)21-30)44(42,43)31-17-7-4-8-18-31/h3-19,21,25,32H,20,22-24H2,1-2H3,(H,37,41)/t32-/m1/s1. The molecule has 1 atom stereocenters. The number of amides is 2. The van der Waals surface area contributed by atoms with Gasteiger partial charge in [-0.05, 0) is 59.5 Å². The van der Waals surface area contributed by atoms with Crippen LogP contribution in [0.15, 0.2) is 114 Å². The van der Waals surface area contributed by atoms with E-state index >= 15 is 0 Å². The summed E-state index contributed by atoms with van der Waals surface area (Å²) in [5.41, 5.74) is 1.77. The molecule has 0 saturated carbocycles. The largest absolute Gasteiger partial charge is 0.354 e. The van der Waals surface area contributed by atoms with Crippen molar-refractivity contribution < 1.29 is 18.0 Å². The lowest BCUT2D eigenvalue weighted by Crippen LogP contribution is -2.53. The van der Waals surface area contributed by atoms with Crippen LogP contribution < -0.4 is 9.62 Å². The number of benzene rings is 4. The first-order valence-electron chi connectivity index (χ1n) is 14.2. The van der Waals surface area contributed by atoms with Gasteiger partial charge in [-0.2, -0.15) is 0 Å². The monoisotopic (exact) mass is 651 g/mol. The number of carbonyl (C=O) groups is 2. The van der Waals surface area contributed by atoms with Crippen molar-refractivity contribution in [3.8, 4) is 0 Å². The molecule has 0 heterocycles. The highest BCUT2D eigenvalue weighted by atomic mass is 35.5. The fourth-order valence-electron chi connectivity index (χ4n) is 4.69. The summed E-state index contributed by atoms with van der Waals surface area (Å²) in [6.45, 7) is 3.85. The zero-order valence-corrected chi connectivity index (χ0v) is 26.9. The van der Waals surface area contributed by atoms with E-state index in [1.807, 2.05) is 50.2 Å². The molecule has 10 heteroatoms. The van der Waals surface area contributed by atoms with Gasteiger partial charge in [0.2, 0.25) is 11.8 Å². The Hall–Kier alpha value is -3.85. The zero-order chi connectivity index (χ0) is 31.7. The maximum atomic E-state index is 14.4. The van der Waals surface area contributed by atoms with Crippen LogP contribution in [-0.4, -0.2) is 44.3 Å². The normalized spacial score (nSPS) is 12.0. The van der Waals surface area contributed by atoms with E-state index in [0.29, 0.717) is 22.2 Å². The highest BCUT2D eigenvalue weighted by Crippen LogP contribution is 2.27. The summed E-state index contributed by atoms with van der Waals surface area (Å²) in [7, 11) is -4.20. The third kappa shape index (κ3) is 8.85. The Morgan fingerprint density at radius 2 is 1.36 bits per heavy atom. The lowest BCUT2D eigenvalue weighted by atomic mass is 10.0. The van der Waals surface area contributed by atoms with Gasteiger partial charge in [-0.25, -0.2) is 8.42 Å². The molecule has 4 aromatic carbocycles. The summed E-state index contributed by atoms with van der Waals surface area (Å²) in [5, 5.41) is 3.77. The Labute approximate surface area is 269 Å². The first-order valence-corrected chi connectivity index (χ1v) is 16.4. The molecular formula is C34H35Cl2N3O4S. The highest BCUT2D eigenvalue weighted by Gasteiger charge is 2.34. The predicted octanol–water partition coefficient (Wildman–Crippen LogP) is 6.60. The fourth-order valence-corrected chi connectivity index (χ4v) is 6.51. The summed E-state index contributed by atoms with van der Waals surface area (Å²) in [5.74, 6) is -0.717. The summed E-state index contributed by atoms with van der Waals surface area (Å²) in [6, 6.07) is 29.7. The first-order chi connectivity index (χ1) is 21.0. The molecule has 0 unspecified atom stereocenters. The van der Waals surface area contributed by atoms with Crippen LogP contribution in [0, 0.1) is 5.92 Å². The van der Waals surface area contributed by atoms with Gasteiger partial charge in [0.25, 0.3) is 10.0 Å². The van der Waals surface area contributed by atoms with E-state index in [1.165, 1.54) is 23.1 Å². The molecule has 0 aliphatic rings. The van der Waals surface area contributed by atoms with Gasteiger partial charge >= 0.3 is 0 Å². The molecule has 0 aliphatic carbocycles. The molecule has 230 valence electrons. The van der Waals surface area contributed by atoms with Crippen LogP contribution in [0.1, 0.15) is 25.0 Å². The minimum atomic E-state index is -4.20. The number of carbonyl (C=O) groups excluding carboxylic acids is 2. The van der Waals surface area contributed by atoms with Gasteiger partial charge < -0.3 is 10.2 Å². The third-order valence-corrected chi connectivity index (χ3v) is 9.16. The molecule has 0 spiro atoms. The topological polar surface area (TPSA) is 86.8 Å². The summed E-state index contributed by atoms with van der Waals surface area (Å²) < 4.78 is 29.0. The second-order valence-electron chi connectivity index (χ2n) is 10.8. The van der Waals surface area contributed by atoms with Gasteiger partial charge in [0.15, 0.2) is 0 Å². The number of halogens is 2. The number of nitrogens with one attached hydrogen (secondary N) is 1. The van der Waals surface area contributed by atoms with E-state index < -0.39 is 28.5 Å². The minimum Gasteiger partial charge on any atom is -0.354 e. The number of rotatable bonds is 13. The van der Waals surface area contributed by atoms with E-state index in [2.05, 4.69) is 5.32 Å². The lowest BCUT2D eigenvalue weighted by molar-refractivity contribution is -0.140. The van der Waals surface area contributed by atoms with Gasteiger partial charge in [0, 0.05) is 29.6 Å². The van der Waals surface area contributed by atoms with Crippen LogP contribution in [0.4, 0.5) is 5.69 Å². The van der Waals surface area contributed by atoms with Crippen LogP contribution in [0.2, 0.25) is 10.0 Å². The van der Waals surface area contributed by atoms with Gasteiger partial charge in [-0.15, -0.1) is 0 Å². The van der Waals surface area contributed by atoms with Crippen molar-refractivity contribution >= 4 is 50.7 Å². The van der Waals surface area contributed by atoms with Crippen molar-refractivity contribution in [1.82, 2.24) is 10.2 Å². The van der Waals surface area contributed by atoms with Crippen LogP contribution in [0.3, 0.4) is 0 Å². The smallest absolute Gasteiger partial charge is 0.264 e. The van der Waals surface area contributed by atoms with Gasteiger partial charge in [0.05, 0.1) is 10.6 Å². The predicted molar refractivity (Wildman–Crippen MR) is 176 cm³/mol. The van der Waals surface area contributed by atoms with Gasteiger partial charge in [0.1, 0.15) is 12.6 Å². The molecule has 1 N–H and O–H groups in total. The van der Waals surface area contributed by atoms with Crippen LogP contribution in [0.25, 0.3) is 0 Å². The lowest BCUT2D eigenvalue weighted by Gasteiger charge is -2.34. The Kier molecular flexibility index (Phi) is 11.4. The van der Waals surface area contributed by atoms with Crippen LogP contribution >= 0.6 is 23.2 Å². The molecule has 0 aliphatic heterocycles. The maximum Gasteiger partial charge on any atom is 0.264 e. The van der Waals surface area contributed by atoms with E-state index in [1.54, 1.807) is 54.6 Å². The van der Waals surface area contributed by atoms with E-state index in [0.717, 1.165) is 9.87 Å². The molecule has 0 bridgehead atoms. The maximum absolute atomic E-state index is 14.4. The second-order valence-corrected chi connectivity index (χ2v) is 13.5. The average molecular weight is 653 g/mol. The second kappa shape index (κ2) is 15.2. The third-order valence-electron chi connectivity index (χ3n) is 6.90. The molecule has 2 amide bonds. The summed E-state index contributed by atoms with van der Waals surface area (Å²) in [4.78, 5) is 29.7. The quantitative estimate of drug-likeness (QED) is 0.176. The Morgan fingerprint density at radius 3 is 1.98 bits per heavy atom. The molecule has 7 nitrogen and oxygen atoms in total. The van der Waals surface area contributed by atoms with Crippen molar-refractivity contribution in [3.63, 3.8) is 0 Å². The molecule has 4 aromatic rings. The molecule has 0 saturated heterocycles.